The van der Waals surface area contributed by atoms with Crippen molar-refractivity contribution in [3.05, 3.63) is 53.5 Å². The summed E-state index contributed by atoms with van der Waals surface area (Å²) in [6, 6.07) is 9.32. The number of carbonyl (C=O) groups excluding carboxylic acids is 1. The van der Waals surface area contributed by atoms with Crippen molar-refractivity contribution in [1.29, 1.82) is 0 Å². The van der Waals surface area contributed by atoms with Crippen LogP contribution in [0.25, 0.3) is 0 Å². The van der Waals surface area contributed by atoms with Gasteiger partial charge in [-0.3, -0.25) is 4.79 Å². The summed E-state index contributed by atoms with van der Waals surface area (Å²) in [6.07, 6.45) is 1.90. The predicted octanol–water partition coefficient (Wildman–Crippen LogP) is 1.34. The number of nitrogens with zero attached hydrogens (tertiary/aromatic N) is 3. The highest BCUT2D eigenvalue weighted by molar-refractivity contribution is 7.91. The monoisotopic (exact) mass is 374 g/mol. The molecule has 1 atom stereocenters. The fraction of sp³-hybridized carbons (Fsp3) is 0.389. The Kier molecular flexibility index (Phi) is 5.22. The highest BCUT2D eigenvalue weighted by atomic mass is 32.2. The molecule has 1 aromatic carbocycles. The minimum Gasteiger partial charge on any atom is -0.356 e. The smallest absolute Gasteiger partial charge is 0.270 e. The van der Waals surface area contributed by atoms with Gasteiger partial charge in [-0.2, -0.15) is 0 Å². The molecule has 1 N–H and O–H groups in total. The van der Waals surface area contributed by atoms with Crippen molar-refractivity contribution in [2.45, 2.75) is 25.9 Å². The van der Waals surface area contributed by atoms with E-state index in [1.165, 1.54) is 6.33 Å². The van der Waals surface area contributed by atoms with Crippen LogP contribution in [0.3, 0.4) is 0 Å². The lowest BCUT2D eigenvalue weighted by Crippen LogP contribution is -2.33. The van der Waals surface area contributed by atoms with E-state index in [1.807, 2.05) is 36.1 Å². The summed E-state index contributed by atoms with van der Waals surface area (Å²) in [6.45, 7) is 2.41. The van der Waals surface area contributed by atoms with Gasteiger partial charge in [-0.15, -0.1) is 0 Å². The number of rotatable bonds is 5. The number of aromatic nitrogens is 2. The average molecular weight is 374 g/mol. The molecule has 0 spiro atoms. The Morgan fingerprint density at radius 1 is 1.31 bits per heavy atom. The number of aryl methyl sites for hydroxylation is 1. The molecule has 1 aromatic heterocycles. The molecule has 0 saturated carbocycles. The summed E-state index contributed by atoms with van der Waals surface area (Å²) < 4.78 is 23.4. The fourth-order valence-electron chi connectivity index (χ4n) is 3.01. The summed E-state index contributed by atoms with van der Waals surface area (Å²) in [5.41, 5.74) is 2.41. The van der Waals surface area contributed by atoms with Gasteiger partial charge in [-0.25, -0.2) is 18.4 Å². The Morgan fingerprint density at radius 2 is 2.08 bits per heavy atom. The van der Waals surface area contributed by atoms with E-state index in [-0.39, 0.29) is 29.1 Å². The second kappa shape index (κ2) is 7.41. The zero-order valence-corrected chi connectivity index (χ0v) is 15.7. The van der Waals surface area contributed by atoms with Crippen LogP contribution in [0.1, 0.15) is 28.0 Å². The highest BCUT2D eigenvalue weighted by Gasteiger charge is 2.31. The average Bonchev–Trinajstić information content (AvgIpc) is 3.00. The first kappa shape index (κ1) is 18.3. The second-order valence-electron chi connectivity index (χ2n) is 6.54. The lowest BCUT2D eigenvalue weighted by molar-refractivity contribution is 0.0945. The SMILES string of the molecule is Cc1ccccc1CNC(=O)c1cc(N(C)C2CCS(=O)(=O)C2)ncn1. The van der Waals surface area contributed by atoms with Crippen LogP contribution >= 0.6 is 0 Å². The molecule has 7 nitrogen and oxygen atoms in total. The van der Waals surface area contributed by atoms with E-state index >= 15 is 0 Å². The van der Waals surface area contributed by atoms with Gasteiger partial charge < -0.3 is 10.2 Å². The van der Waals surface area contributed by atoms with Crippen LogP contribution in [-0.2, 0) is 16.4 Å². The zero-order chi connectivity index (χ0) is 18.7. The minimum atomic E-state index is -2.98. The molecule has 1 aliphatic heterocycles. The first-order chi connectivity index (χ1) is 12.4. The van der Waals surface area contributed by atoms with E-state index in [4.69, 9.17) is 0 Å². The molecule has 1 unspecified atom stereocenters. The zero-order valence-electron chi connectivity index (χ0n) is 14.8. The van der Waals surface area contributed by atoms with E-state index in [9.17, 15) is 13.2 Å². The third-order valence-corrected chi connectivity index (χ3v) is 6.45. The van der Waals surface area contributed by atoms with Gasteiger partial charge in [0.2, 0.25) is 0 Å². The molecule has 26 heavy (non-hydrogen) atoms. The van der Waals surface area contributed by atoms with Crippen molar-refractivity contribution >= 4 is 21.6 Å². The Morgan fingerprint density at radius 3 is 2.77 bits per heavy atom. The maximum atomic E-state index is 12.4. The molecular formula is C18H22N4O3S. The Balaban J connectivity index is 1.68. The summed E-state index contributed by atoms with van der Waals surface area (Å²) in [5.74, 6) is 0.562. The van der Waals surface area contributed by atoms with Gasteiger partial charge in [0.1, 0.15) is 17.8 Å². The maximum absolute atomic E-state index is 12.4. The van der Waals surface area contributed by atoms with E-state index < -0.39 is 9.84 Å². The van der Waals surface area contributed by atoms with Crippen molar-refractivity contribution in [3.8, 4) is 0 Å². The predicted molar refractivity (Wildman–Crippen MR) is 99.8 cm³/mol. The molecule has 8 heteroatoms. The lowest BCUT2D eigenvalue weighted by atomic mass is 10.1. The summed E-state index contributed by atoms with van der Waals surface area (Å²) in [5, 5.41) is 2.86. The van der Waals surface area contributed by atoms with Gasteiger partial charge in [0.05, 0.1) is 11.5 Å². The van der Waals surface area contributed by atoms with Crippen LogP contribution in [0.4, 0.5) is 5.82 Å². The van der Waals surface area contributed by atoms with Crippen LogP contribution in [0.2, 0.25) is 0 Å². The van der Waals surface area contributed by atoms with Gasteiger partial charge >= 0.3 is 0 Å². The van der Waals surface area contributed by atoms with Gasteiger partial charge in [0.25, 0.3) is 5.91 Å². The molecule has 2 heterocycles. The number of sulfone groups is 1. The molecule has 1 saturated heterocycles. The number of nitrogens with one attached hydrogen (secondary N) is 1. The van der Waals surface area contributed by atoms with E-state index in [0.29, 0.717) is 18.8 Å². The molecular weight excluding hydrogens is 352 g/mol. The number of benzene rings is 1. The second-order valence-corrected chi connectivity index (χ2v) is 8.77. The summed E-state index contributed by atoms with van der Waals surface area (Å²) in [4.78, 5) is 22.5. The van der Waals surface area contributed by atoms with Crippen LogP contribution in [0.5, 0.6) is 0 Å². The normalized spacial score (nSPS) is 18.5. The Hall–Kier alpha value is -2.48. The van der Waals surface area contributed by atoms with Crippen molar-refractivity contribution in [3.63, 3.8) is 0 Å². The number of amides is 1. The van der Waals surface area contributed by atoms with Gasteiger partial charge in [0.15, 0.2) is 9.84 Å². The van der Waals surface area contributed by atoms with Crippen LogP contribution in [0.15, 0.2) is 36.7 Å². The molecule has 0 aliphatic carbocycles. The molecule has 3 rings (SSSR count). The van der Waals surface area contributed by atoms with Crippen molar-refractivity contribution in [2.75, 3.05) is 23.5 Å². The molecule has 0 radical (unpaired) electrons. The third-order valence-electron chi connectivity index (χ3n) is 4.70. The molecule has 1 aliphatic rings. The number of hydrogen-bond donors (Lipinski definition) is 1. The van der Waals surface area contributed by atoms with Crippen molar-refractivity contribution in [2.24, 2.45) is 0 Å². The number of carbonyl (C=O) groups is 1. The number of anilines is 1. The first-order valence-corrected chi connectivity index (χ1v) is 10.3. The Bertz CT molecular complexity index is 914. The van der Waals surface area contributed by atoms with Gasteiger partial charge in [0, 0.05) is 25.7 Å². The molecule has 138 valence electrons. The molecule has 0 bridgehead atoms. The van der Waals surface area contributed by atoms with E-state index in [2.05, 4.69) is 15.3 Å². The fourth-order valence-corrected chi connectivity index (χ4v) is 4.78. The quantitative estimate of drug-likeness (QED) is 0.849. The largest absolute Gasteiger partial charge is 0.356 e. The van der Waals surface area contributed by atoms with Crippen molar-refractivity contribution < 1.29 is 13.2 Å². The maximum Gasteiger partial charge on any atom is 0.270 e. The van der Waals surface area contributed by atoms with Gasteiger partial charge in [-0.1, -0.05) is 24.3 Å². The minimum absolute atomic E-state index is 0.113. The third kappa shape index (κ3) is 4.19. The molecule has 1 fully saturated rings. The van der Waals surface area contributed by atoms with Crippen molar-refractivity contribution in [1.82, 2.24) is 15.3 Å². The van der Waals surface area contributed by atoms with Gasteiger partial charge in [-0.05, 0) is 24.5 Å². The standard InChI is InChI=1S/C18H22N4O3S/c1-13-5-3-4-6-14(13)10-19-18(23)16-9-17(21-12-20-16)22(2)15-7-8-26(24,25)11-15/h3-6,9,12,15H,7-8,10-11H2,1-2H3,(H,19,23). The highest BCUT2D eigenvalue weighted by Crippen LogP contribution is 2.21. The molecule has 1 amide bonds. The summed E-state index contributed by atoms with van der Waals surface area (Å²) in [7, 11) is -1.19. The number of hydrogen-bond acceptors (Lipinski definition) is 6. The van der Waals surface area contributed by atoms with E-state index in [1.54, 1.807) is 13.1 Å². The van der Waals surface area contributed by atoms with Crippen LogP contribution in [0, 0.1) is 6.92 Å². The topological polar surface area (TPSA) is 92.3 Å². The lowest BCUT2D eigenvalue weighted by Gasteiger charge is -2.24. The van der Waals surface area contributed by atoms with Crippen LogP contribution in [-0.4, -0.2) is 48.9 Å². The molecule has 2 aromatic rings. The first-order valence-electron chi connectivity index (χ1n) is 8.44. The summed E-state index contributed by atoms with van der Waals surface area (Å²) >= 11 is 0. The van der Waals surface area contributed by atoms with E-state index in [0.717, 1.165) is 11.1 Å². The van der Waals surface area contributed by atoms with Crippen LogP contribution < -0.4 is 10.2 Å². The Labute approximate surface area is 153 Å².